The highest BCUT2D eigenvalue weighted by molar-refractivity contribution is 5.98. The van der Waals surface area contributed by atoms with Crippen molar-refractivity contribution in [1.82, 2.24) is 14.9 Å². The van der Waals surface area contributed by atoms with Crippen LogP contribution in [-0.2, 0) is 11.3 Å². The number of carbonyl (C=O) groups excluding carboxylic acids is 1. The normalized spacial score (nSPS) is 11.2. The number of rotatable bonds is 3. The van der Waals surface area contributed by atoms with Gasteiger partial charge in [-0.2, -0.15) is 5.10 Å². The number of nitrogens with one attached hydrogen (secondary N) is 1. The predicted molar refractivity (Wildman–Crippen MR) is 93.3 cm³/mol. The smallest absolute Gasteiger partial charge is 0.275 e. The van der Waals surface area contributed by atoms with Crippen LogP contribution in [0.2, 0.25) is 0 Å². The molecule has 0 atom stereocenters. The lowest BCUT2D eigenvalue weighted by atomic mass is 10.1. The van der Waals surface area contributed by atoms with E-state index in [9.17, 15) is 14.0 Å². The maximum Gasteiger partial charge on any atom is 0.275 e. The average Bonchev–Trinajstić information content (AvgIpc) is 3.01. The van der Waals surface area contributed by atoms with E-state index in [-0.39, 0.29) is 17.9 Å². The van der Waals surface area contributed by atoms with Crippen LogP contribution in [-0.4, -0.2) is 20.8 Å². The first-order valence-corrected chi connectivity index (χ1v) is 7.84. The fourth-order valence-corrected chi connectivity index (χ4v) is 2.82. The number of hydrogen-bond acceptors (Lipinski definition) is 5. The van der Waals surface area contributed by atoms with Crippen LogP contribution >= 0.6 is 0 Å². The Labute approximate surface area is 146 Å². The van der Waals surface area contributed by atoms with E-state index < -0.39 is 11.7 Å². The minimum atomic E-state index is -0.520. The maximum absolute atomic E-state index is 13.4. The zero-order valence-electron chi connectivity index (χ0n) is 13.7. The Kier molecular flexibility index (Phi) is 3.72. The molecule has 4 aromatic rings. The Morgan fingerprint density at radius 2 is 1.96 bits per heavy atom. The Morgan fingerprint density at radius 1 is 1.19 bits per heavy atom. The van der Waals surface area contributed by atoms with Gasteiger partial charge in [0.2, 0.25) is 5.91 Å². The van der Waals surface area contributed by atoms with Gasteiger partial charge in [0.25, 0.3) is 5.56 Å². The lowest BCUT2D eigenvalue weighted by Gasteiger charge is -2.08. The highest BCUT2D eigenvalue weighted by Crippen LogP contribution is 2.23. The zero-order valence-corrected chi connectivity index (χ0v) is 13.7. The van der Waals surface area contributed by atoms with Crippen molar-refractivity contribution in [2.24, 2.45) is 0 Å². The summed E-state index contributed by atoms with van der Waals surface area (Å²) in [5.41, 5.74) is 0.623. The van der Waals surface area contributed by atoms with Crippen molar-refractivity contribution in [2.75, 3.05) is 5.32 Å². The minimum Gasteiger partial charge on any atom is -0.354 e. The fraction of sp³-hybridized carbons (Fsp3) is 0.111. The van der Waals surface area contributed by atoms with Crippen LogP contribution in [0.4, 0.5) is 10.2 Å². The Balaban J connectivity index is 1.64. The highest BCUT2D eigenvalue weighted by atomic mass is 19.1. The van der Waals surface area contributed by atoms with Crippen molar-refractivity contribution < 1.29 is 13.7 Å². The van der Waals surface area contributed by atoms with Crippen molar-refractivity contribution in [2.45, 2.75) is 13.5 Å². The predicted octanol–water partition coefficient (Wildman–Crippen LogP) is 2.62. The van der Waals surface area contributed by atoms with Crippen molar-refractivity contribution in [1.29, 1.82) is 0 Å². The van der Waals surface area contributed by atoms with Crippen LogP contribution in [0.5, 0.6) is 0 Å². The van der Waals surface area contributed by atoms with E-state index in [4.69, 9.17) is 4.52 Å². The van der Waals surface area contributed by atoms with Gasteiger partial charge in [-0.3, -0.25) is 9.59 Å². The third-order valence-corrected chi connectivity index (χ3v) is 4.04. The van der Waals surface area contributed by atoms with E-state index in [0.717, 1.165) is 10.1 Å². The lowest BCUT2D eigenvalue weighted by molar-refractivity contribution is -0.117. The summed E-state index contributed by atoms with van der Waals surface area (Å²) >= 11 is 0. The molecule has 0 saturated carbocycles. The van der Waals surface area contributed by atoms with E-state index in [1.54, 1.807) is 25.1 Å². The molecule has 26 heavy (non-hydrogen) atoms. The Bertz CT molecular complexity index is 1210. The average molecular weight is 352 g/mol. The van der Waals surface area contributed by atoms with Gasteiger partial charge in [0.05, 0.1) is 16.5 Å². The molecule has 0 aliphatic heterocycles. The van der Waals surface area contributed by atoms with Gasteiger partial charge in [0.15, 0.2) is 11.4 Å². The molecule has 1 amide bonds. The maximum atomic E-state index is 13.4. The summed E-state index contributed by atoms with van der Waals surface area (Å²) < 4.78 is 19.5. The van der Waals surface area contributed by atoms with Gasteiger partial charge in [0.1, 0.15) is 12.4 Å². The second-order valence-electron chi connectivity index (χ2n) is 5.81. The van der Waals surface area contributed by atoms with Gasteiger partial charge >= 0.3 is 0 Å². The summed E-state index contributed by atoms with van der Waals surface area (Å²) in [6.45, 7) is 1.47. The second-order valence-corrected chi connectivity index (χ2v) is 5.81. The number of amides is 1. The van der Waals surface area contributed by atoms with Crippen LogP contribution in [0.15, 0.2) is 51.8 Å². The molecule has 0 aliphatic rings. The molecule has 0 aliphatic carbocycles. The fourth-order valence-electron chi connectivity index (χ4n) is 2.82. The van der Waals surface area contributed by atoms with Crippen molar-refractivity contribution in [3.05, 3.63) is 64.3 Å². The summed E-state index contributed by atoms with van der Waals surface area (Å²) in [7, 11) is 0. The van der Waals surface area contributed by atoms with Gasteiger partial charge in [-0.25, -0.2) is 9.07 Å². The summed E-state index contributed by atoms with van der Waals surface area (Å²) in [4.78, 5) is 24.8. The van der Waals surface area contributed by atoms with Gasteiger partial charge in [-0.15, -0.1) is 0 Å². The topological polar surface area (TPSA) is 90.0 Å². The number of fused-ring (bicyclic) bond motifs is 2. The summed E-state index contributed by atoms with van der Waals surface area (Å²) in [5.74, 6) is -0.900. The molecule has 8 heteroatoms. The van der Waals surface area contributed by atoms with Crippen LogP contribution in [0.1, 0.15) is 5.69 Å². The van der Waals surface area contributed by atoms with Crippen molar-refractivity contribution in [3.8, 4) is 0 Å². The molecule has 2 heterocycles. The monoisotopic (exact) mass is 352 g/mol. The molecule has 0 fully saturated rings. The number of nitrogens with zero attached hydrogens (tertiary/aromatic N) is 3. The molecule has 0 saturated heterocycles. The molecule has 4 rings (SSSR count). The van der Waals surface area contributed by atoms with E-state index in [1.807, 2.05) is 6.07 Å². The molecular weight excluding hydrogens is 339 g/mol. The molecule has 0 bridgehead atoms. The SMILES string of the molecule is Cc1nn(CC(=O)Nc2noc3ccc(F)cc23)c(=O)c2ccccc12. The largest absolute Gasteiger partial charge is 0.354 e. The standard InChI is InChI=1S/C18H13FN4O3/c1-10-12-4-2-3-5-13(12)18(25)23(21-10)9-16(24)20-17-14-8-11(19)6-7-15(14)26-22-17/h2-8H,9H2,1H3,(H,20,22,24). The quantitative estimate of drug-likeness (QED) is 0.612. The summed E-state index contributed by atoms with van der Waals surface area (Å²) in [6, 6.07) is 10.9. The zero-order chi connectivity index (χ0) is 18.3. The first-order chi connectivity index (χ1) is 12.5. The first kappa shape index (κ1) is 15.9. The number of benzene rings is 2. The van der Waals surface area contributed by atoms with Crippen LogP contribution in [0.25, 0.3) is 21.7 Å². The number of aryl methyl sites for hydroxylation is 1. The van der Waals surface area contributed by atoms with Crippen molar-refractivity contribution in [3.63, 3.8) is 0 Å². The third kappa shape index (κ3) is 2.71. The Hall–Kier alpha value is -3.55. The van der Waals surface area contributed by atoms with Gasteiger partial charge in [-0.05, 0) is 31.2 Å². The van der Waals surface area contributed by atoms with E-state index >= 15 is 0 Å². The molecule has 2 aromatic heterocycles. The lowest BCUT2D eigenvalue weighted by Crippen LogP contribution is -2.30. The van der Waals surface area contributed by atoms with Gasteiger partial charge in [0, 0.05) is 5.39 Å². The number of anilines is 1. The van der Waals surface area contributed by atoms with Crippen LogP contribution < -0.4 is 10.9 Å². The van der Waals surface area contributed by atoms with E-state index in [2.05, 4.69) is 15.6 Å². The second kappa shape index (κ2) is 6.07. The van der Waals surface area contributed by atoms with E-state index in [1.165, 1.54) is 18.2 Å². The van der Waals surface area contributed by atoms with Gasteiger partial charge < -0.3 is 9.84 Å². The van der Waals surface area contributed by atoms with Crippen LogP contribution in [0.3, 0.4) is 0 Å². The Morgan fingerprint density at radius 3 is 2.77 bits per heavy atom. The molecular formula is C18H13FN4O3. The first-order valence-electron chi connectivity index (χ1n) is 7.84. The number of carbonyl (C=O) groups is 1. The van der Waals surface area contributed by atoms with E-state index in [0.29, 0.717) is 22.0 Å². The molecule has 130 valence electrons. The minimum absolute atomic E-state index is 0.0926. The summed E-state index contributed by atoms with van der Waals surface area (Å²) in [6.07, 6.45) is 0. The number of halogens is 1. The molecule has 7 nitrogen and oxygen atoms in total. The molecule has 2 aromatic carbocycles. The number of aromatic nitrogens is 3. The van der Waals surface area contributed by atoms with Crippen molar-refractivity contribution >= 4 is 33.5 Å². The third-order valence-electron chi connectivity index (χ3n) is 4.04. The van der Waals surface area contributed by atoms with Crippen LogP contribution in [0, 0.1) is 12.7 Å². The summed E-state index contributed by atoms with van der Waals surface area (Å²) in [5, 5.41) is 12.0. The molecule has 0 radical (unpaired) electrons. The molecule has 0 spiro atoms. The molecule has 0 unspecified atom stereocenters. The highest BCUT2D eigenvalue weighted by Gasteiger charge is 2.15. The number of hydrogen-bond donors (Lipinski definition) is 1. The molecule has 1 N–H and O–H groups in total. The van der Waals surface area contributed by atoms with Gasteiger partial charge in [-0.1, -0.05) is 23.4 Å².